The summed E-state index contributed by atoms with van der Waals surface area (Å²) in [5.41, 5.74) is -0.0585. The van der Waals surface area contributed by atoms with Crippen LogP contribution in [0.25, 0.3) is 0 Å². The number of hydrogen-bond donors (Lipinski definition) is 0. The summed E-state index contributed by atoms with van der Waals surface area (Å²) in [6.45, 7) is -0.367. The number of Topliss-reactive ketones (excluding diaryl/α,β-unsaturated/α-hetero) is 1. The van der Waals surface area contributed by atoms with Gasteiger partial charge < -0.3 is 4.74 Å². The third-order valence-corrected chi connectivity index (χ3v) is 3.89. The minimum atomic E-state index is -3.35. The Bertz CT molecular complexity index is 769. The number of ether oxygens (including phenoxy) is 1. The lowest BCUT2D eigenvalue weighted by Crippen LogP contribution is -2.13. The standard InChI is InChI=1S/C15H13FO4S/c1-21(18,19)12-6-4-5-11(9-12)20-10-15(17)13-7-2-3-8-14(13)16/h2-9H,10H2,1H3. The average Bonchev–Trinajstić information content (AvgIpc) is 2.45. The van der Waals surface area contributed by atoms with E-state index < -0.39 is 21.4 Å². The van der Waals surface area contributed by atoms with Gasteiger partial charge in [-0.25, -0.2) is 12.8 Å². The van der Waals surface area contributed by atoms with Crippen LogP contribution in [-0.2, 0) is 9.84 Å². The lowest BCUT2D eigenvalue weighted by Gasteiger charge is -2.07. The number of hydrogen-bond acceptors (Lipinski definition) is 4. The lowest BCUT2D eigenvalue weighted by atomic mass is 10.1. The molecule has 0 bridgehead atoms. The largest absolute Gasteiger partial charge is 0.485 e. The third-order valence-electron chi connectivity index (χ3n) is 2.78. The smallest absolute Gasteiger partial charge is 0.203 e. The fourth-order valence-electron chi connectivity index (χ4n) is 1.71. The van der Waals surface area contributed by atoms with Gasteiger partial charge >= 0.3 is 0 Å². The van der Waals surface area contributed by atoms with Crippen LogP contribution < -0.4 is 4.74 Å². The van der Waals surface area contributed by atoms with E-state index in [2.05, 4.69) is 0 Å². The number of halogens is 1. The van der Waals surface area contributed by atoms with E-state index >= 15 is 0 Å². The molecule has 0 saturated heterocycles. The molecule has 0 amide bonds. The summed E-state index contributed by atoms with van der Waals surface area (Å²) in [5, 5.41) is 0. The molecule has 0 aromatic heterocycles. The highest BCUT2D eigenvalue weighted by Crippen LogP contribution is 2.18. The molecule has 0 atom stereocenters. The van der Waals surface area contributed by atoms with Gasteiger partial charge in [0.25, 0.3) is 0 Å². The van der Waals surface area contributed by atoms with E-state index in [1.54, 1.807) is 6.07 Å². The predicted molar refractivity (Wildman–Crippen MR) is 75.8 cm³/mol. The van der Waals surface area contributed by atoms with Gasteiger partial charge in [0.2, 0.25) is 5.78 Å². The molecular formula is C15H13FO4S. The molecule has 0 fully saturated rings. The van der Waals surface area contributed by atoms with Gasteiger partial charge in [0, 0.05) is 6.26 Å². The van der Waals surface area contributed by atoms with Gasteiger partial charge in [-0.1, -0.05) is 18.2 Å². The Morgan fingerprint density at radius 1 is 1.14 bits per heavy atom. The van der Waals surface area contributed by atoms with Crippen molar-refractivity contribution < 1.29 is 22.3 Å². The first-order valence-corrected chi connectivity index (χ1v) is 7.98. The highest BCUT2D eigenvalue weighted by Gasteiger charge is 2.12. The Kier molecular flexibility index (Phi) is 4.37. The van der Waals surface area contributed by atoms with Crippen molar-refractivity contribution in [3.05, 3.63) is 59.9 Å². The Morgan fingerprint density at radius 2 is 1.86 bits per heavy atom. The van der Waals surface area contributed by atoms with Crippen molar-refractivity contribution in [1.29, 1.82) is 0 Å². The summed E-state index contributed by atoms with van der Waals surface area (Å²) in [6, 6.07) is 11.4. The zero-order valence-electron chi connectivity index (χ0n) is 11.2. The molecule has 0 spiro atoms. The molecule has 0 N–H and O–H groups in total. The van der Waals surface area contributed by atoms with E-state index in [4.69, 9.17) is 4.74 Å². The number of benzene rings is 2. The lowest BCUT2D eigenvalue weighted by molar-refractivity contribution is 0.0917. The van der Waals surface area contributed by atoms with Crippen LogP contribution in [0.4, 0.5) is 4.39 Å². The SMILES string of the molecule is CS(=O)(=O)c1cccc(OCC(=O)c2ccccc2F)c1. The average molecular weight is 308 g/mol. The van der Waals surface area contributed by atoms with Crippen molar-refractivity contribution in [2.24, 2.45) is 0 Å². The van der Waals surface area contributed by atoms with Crippen LogP contribution in [-0.4, -0.2) is 27.1 Å². The number of sulfone groups is 1. The summed E-state index contributed by atoms with van der Waals surface area (Å²) in [7, 11) is -3.35. The molecule has 21 heavy (non-hydrogen) atoms. The van der Waals surface area contributed by atoms with Gasteiger partial charge in [-0.3, -0.25) is 4.79 Å². The Morgan fingerprint density at radius 3 is 2.52 bits per heavy atom. The molecule has 0 saturated carbocycles. The molecule has 0 radical (unpaired) electrons. The zero-order valence-corrected chi connectivity index (χ0v) is 12.1. The van der Waals surface area contributed by atoms with Gasteiger partial charge in [0.1, 0.15) is 11.6 Å². The summed E-state index contributed by atoms with van der Waals surface area (Å²) in [5.74, 6) is -0.892. The van der Waals surface area contributed by atoms with Crippen LogP contribution in [0.3, 0.4) is 0 Å². The summed E-state index contributed by atoms with van der Waals surface area (Å²) in [6.07, 6.45) is 1.08. The Hall–Kier alpha value is -2.21. The van der Waals surface area contributed by atoms with Crippen molar-refractivity contribution in [3.8, 4) is 5.75 Å². The van der Waals surface area contributed by atoms with Crippen molar-refractivity contribution >= 4 is 15.6 Å². The normalized spacial score (nSPS) is 11.1. The Balaban J connectivity index is 2.11. The molecule has 0 aliphatic rings. The molecule has 0 aliphatic heterocycles. The van der Waals surface area contributed by atoms with Crippen LogP contribution >= 0.6 is 0 Å². The topological polar surface area (TPSA) is 60.4 Å². The van der Waals surface area contributed by atoms with Crippen LogP contribution in [0.5, 0.6) is 5.75 Å². The maximum Gasteiger partial charge on any atom is 0.203 e. The zero-order chi connectivity index (χ0) is 15.5. The third kappa shape index (κ3) is 3.88. The van der Waals surface area contributed by atoms with E-state index in [1.165, 1.54) is 42.5 Å². The summed E-state index contributed by atoms with van der Waals surface area (Å²) >= 11 is 0. The van der Waals surface area contributed by atoms with Gasteiger partial charge in [0.05, 0.1) is 10.5 Å². The highest BCUT2D eigenvalue weighted by atomic mass is 32.2. The number of carbonyl (C=O) groups excluding carboxylic acids is 1. The fourth-order valence-corrected chi connectivity index (χ4v) is 2.36. The van der Waals surface area contributed by atoms with Crippen molar-refractivity contribution in [3.63, 3.8) is 0 Å². The molecule has 0 aliphatic carbocycles. The molecule has 0 unspecified atom stereocenters. The Labute approximate surface area is 122 Å². The summed E-state index contributed by atoms with van der Waals surface area (Å²) < 4.78 is 41.5. The van der Waals surface area contributed by atoms with Crippen LogP contribution in [0.2, 0.25) is 0 Å². The van der Waals surface area contributed by atoms with Gasteiger partial charge in [-0.15, -0.1) is 0 Å². The molecule has 2 aromatic carbocycles. The van der Waals surface area contributed by atoms with Crippen molar-refractivity contribution in [1.82, 2.24) is 0 Å². The first-order valence-electron chi connectivity index (χ1n) is 6.08. The van der Waals surface area contributed by atoms with E-state index in [0.29, 0.717) is 0 Å². The number of rotatable bonds is 5. The summed E-state index contributed by atoms with van der Waals surface area (Å²) in [4.78, 5) is 11.9. The van der Waals surface area contributed by atoms with Gasteiger partial charge in [-0.2, -0.15) is 0 Å². The highest BCUT2D eigenvalue weighted by molar-refractivity contribution is 7.90. The maximum absolute atomic E-state index is 13.4. The second kappa shape index (κ2) is 6.05. The molecular weight excluding hydrogens is 295 g/mol. The van der Waals surface area contributed by atoms with E-state index in [-0.39, 0.29) is 22.8 Å². The predicted octanol–water partition coefficient (Wildman–Crippen LogP) is 2.49. The van der Waals surface area contributed by atoms with E-state index in [1.807, 2.05) is 0 Å². The number of carbonyl (C=O) groups is 1. The molecule has 4 nitrogen and oxygen atoms in total. The van der Waals surface area contributed by atoms with Crippen LogP contribution in [0.15, 0.2) is 53.4 Å². The molecule has 2 aromatic rings. The number of ketones is 1. The van der Waals surface area contributed by atoms with Gasteiger partial charge in [-0.05, 0) is 30.3 Å². The van der Waals surface area contributed by atoms with Gasteiger partial charge in [0.15, 0.2) is 16.4 Å². The van der Waals surface area contributed by atoms with Crippen molar-refractivity contribution in [2.45, 2.75) is 4.90 Å². The van der Waals surface area contributed by atoms with Crippen LogP contribution in [0.1, 0.15) is 10.4 Å². The monoisotopic (exact) mass is 308 g/mol. The van der Waals surface area contributed by atoms with Crippen LogP contribution in [0, 0.1) is 5.82 Å². The second-order valence-electron chi connectivity index (χ2n) is 4.44. The molecule has 0 heterocycles. The van der Waals surface area contributed by atoms with E-state index in [0.717, 1.165) is 6.26 Å². The first kappa shape index (κ1) is 15.2. The fraction of sp³-hybridized carbons (Fsp3) is 0.133. The van der Waals surface area contributed by atoms with E-state index in [9.17, 15) is 17.6 Å². The molecule has 110 valence electrons. The first-order chi connectivity index (χ1) is 9.88. The molecule has 6 heteroatoms. The van der Waals surface area contributed by atoms with Crippen molar-refractivity contribution in [2.75, 3.05) is 12.9 Å². The molecule has 2 rings (SSSR count). The second-order valence-corrected chi connectivity index (χ2v) is 6.45. The minimum absolute atomic E-state index is 0.0585. The minimum Gasteiger partial charge on any atom is -0.485 e. The quantitative estimate of drug-likeness (QED) is 0.796. The maximum atomic E-state index is 13.4.